The Balaban J connectivity index is 2.03. The Morgan fingerprint density at radius 1 is 0.964 bits per heavy atom. The molecule has 0 aliphatic heterocycles. The molecule has 0 atom stereocenters. The maximum Gasteiger partial charge on any atom is 0.256 e. The van der Waals surface area contributed by atoms with E-state index in [2.05, 4.69) is 11.4 Å². The van der Waals surface area contributed by atoms with Gasteiger partial charge in [-0.15, -0.1) is 0 Å². The van der Waals surface area contributed by atoms with Gasteiger partial charge in [-0.3, -0.25) is 4.79 Å². The normalized spacial score (nSPS) is 10.9. The van der Waals surface area contributed by atoms with Crippen molar-refractivity contribution >= 4 is 21.4 Å². The quantitative estimate of drug-likeness (QED) is 0.724. The molecular formula is C22H18N2O3S. The number of rotatable bonds is 4. The number of aryl methyl sites for hydroxylation is 1. The first kappa shape index (κ1) is 19.3. The van der Waals surface area contributed by atoms with Crippen LogP contribution in [0.4, 0.5) is 5.69 Å². The third-order valence-electron chi connectivity index (χ3n) is 4.39. The smallest absolute Gasteiger partial charge is 0.256 e. The molecule has 5 nitrogen and oxygen atoms in total. The Morgan fingerprint density at radius 3 is 2.29 bits per heavy atom. The van der Waals surface area contributed by atoms with Crippen LogP contribution in [0.25, 0.3) is 11.1 Å². The van der Waals surface area contributed by atoms with Gasteiger partial charge in [0.25, 0.3) is 5.91 Å². The Labute approximate surface area is 164 Å². The largest absolute Gasteiger partial charge is 0.322 e. The molecule has 6 heteroatoms. The van der Waals surface area contributed by atoms with Crippen molar-refractivity contribution in [1.82, 2.24) is 0 Å². The third kappa shape index (κ3) is 3.95. The van der Waals surface area contributed by atoms with Crippen molar-refractivity contribution < 1.29 is 13.2 Å². The van der Waals surface area contributed by atoms with Crippen LogP contribution in [-0.4, -0.2) is 20.6 Å². The fraction of sp³-hybridized carbons (Fsp3) is 0.0909. The van der Waals surface area contributed by atoms with E-state index >= 15 is 0 Å². The van der Waals surface area contributed by atoms with Crippen LogP contribution >= 0.6 is 0 Å². The van der Waals surface area contributed by atoms with Gasteiger partial charge in [0.1, 0.15) is 0 Å². The molecule has 0 bridgehead atoms. The van der Waals surface area contributed by atoms with Crippen molar-refractivity contribution in [3.63, 3.8) is 0 Å². The predicted octanol–water partition coefficient (Wildman–Crippen LogP) is 4.19. The first-order chi connectivity index (χ1) is 13.3. The predicted molar refractivity (Wildman–Crippen MR) is 109 cm³/mol. The summed E-state index contributed by atoms with van der Waals surface area (Å²) in [4.78, 5) is 13.1. The van der Waals surface area contributed by atoms with E-state index in [1.165, 1.54) is 12.1 Å². The van der Waals surface area contributed by atoms with E-state index in [-0.39, 0.29) is 10.8 Å². The van der Waals surface area contributed by atoms with Gasteiger partial charge in [-0.05, 0) is 42.3 Å². The number of hydrogen-bond acceptors (Lipinski definition) is 4. The highest BCUT2D eigenvalue weighted by Crippen LogP contribution is 2.28. The first-order valence-corrected chi connectivity index (χ1v) is 10.4. The summed E-state index contributed by atoms with van der Waals surface area (Å²) < 4.78 is 23.6. The number of nitriles is 1. The van der Waals surface area contributed by atoms with Gasteiger partial charge < -0.3 is 5.32 Å². The molecule has 0 heterocycles. The summed E-state index contributed by atoms with van der Waals surface area (Å²) >= 11 is 0. The van der Waals surface area contributed by atoms with Gasteiger partial charge >= 0.3 is 0 Å². The molecule has 0 fully saturated rings. The molecular weight excluding hydrogens is 372 g/mol. The second-order valence-electron chi connectivity index (χ2n) is 6.41. The molecule has 140 valence electrons. The number of anilines is 1. The van der Waals surface area contributed by atoms with Crippen molar-refractivity contribution in [2.24, 2.45) is 0 Å². The Bertz CT molecular complexity index is 1210. The first-order valence-electron chi connectivity index (χ1n) is 8.52. The molecule has 28 heavy (non-hydrogen) atoms. The molecule has 0 aromatic heterocycles. The van der Waals surface area contributed by atoms with Crippen LogP contribution in [0.2, 0.25) is 0 Å². The molecule has 3 aromatic carbocycles. The average molecular weight is 390 g/mol. The number of carbonyl (C=O) groups is 1. The molecule has 0 aliphatic rings. The van der Waals surface area contributed by atoms with E-state index in [1.54, 1.807) is 55.5 Å². The molecule has 0 unspecified atom stereocenters. The Morgan fingerprint density at radius 2 is 1.61 bits per heavy atom. The van der Waals surface area contributed by atoms with Crippen molar-refractivity contribution in [3.8, 4) is 17.2 Å². The van der Waals surface area contributed by atoms with E-state index in [1.807, 2.05) is 6.07 Å². The zero-order chi connectivity index (χ0) is 20.3. The summed E-state index contributed by atoms with van der Waals surface area (Å²) in [6.07, 6.45) is 1.12. The maximum atomic E-state index is 13.0. The second-order valence-corrected chi connectivity index (χ2v) is 8.42. The highest BCUT2D eigenvalue weighted by Gasteiger charge is 2.17. The topological polar surface area (TPSA) is 87.0 Å². The molecule has 3 rings (SSSR count). The van der Waals surface area contributed by atoms with Gasteiger partial charge in [0, 0.05) is 23.1 Å². The second kappa shape index (κ2) is 7.67. The van der Waals surface area contributed by atoms with E-state index in [0.29, 0.717) is 27.9 Å². The van der Waals surface area contributed by atoms with E-state index < -0.39 is 9.84 Å². The molecule has 0 radical (unpaired) electrons. The summed E-state index contributed by atoms with van der Waals surface area (Å²) in [6.45, 7) is 1.79. The number of hydrogen-bond donors (Lipinski definition) is 1. The molecule has 3 aromatic rings. The number of nitrogens with one attached hydrogen (secondary N) is 1. The SMILES string of the molecule is Cc1ccc(S(C)(=O)=O)cc1NC(=O)c1ccccc1-c1ccccc1C#N. The van der Waals surface area contributed by atoms with Crippen LogP contribution in [0.5, 0.6) is 0 Å². The van der Waals surface area contributed by atoms with Crippen LogP contribution in [0.3, 0.4) is 0 Å². The minimum Gasteiger partial charge on any atom is -0.322 e. The lowest BCUT2D eigenvalue weighted by molar-refractivity contribution is 0.102. The van der Waals surface area contributed by atoms with Crippen LogP contribution < -0.4 is 5.32 Å². The van der Waals surface area contributed by atoms with Gasteiger partial charge in [0.05, 0.1) is 16.5 Å². The summed E-state index contributed by atoms with van der Waals surface area (Å²) in [5, 5.41) is 12.2. The monoisotopic (exact) mass is 390 g/mol. The number of carbonyl (C=O) groups excluding carboxylic acids is 1. The van der Waals surface area contributed by atoms with Crippen LogP contribution in [0.15, 0.2) is 71.6 Å². The summed E-state index contributed by atoms with van der Waals surface area (Å²) in [5.74, 6) is -0.378. The van der Waals surface area contributed by atoms with E-state index in [9.17, 15) is 18.5 Å². The average Bonchev–Trinajstić information content (AvgIpc) is 2.68. The zero-order valence-corrected chi connectivity index (χ0v) is 16.2. The summed E-state index contributed by atoms with van der Waals surface area (Å²) in [6, 6.07) is 20.8. The van der Waals surface area contributed by atoms with Gasteiger partial charge in [-0.25, -0.2) is 8.42 Å². The molecule has 0 saturated carbocycles. The van der Waals surface area contributed by atoms with Crippen molar-refractivity contribution in [3.05, 3.63) is 83.4 Å². The van der Waals surface area contributed by atoms with E-state index in [0.717, 1.165) is 11.8 Å². The van der Waals surface area contributed by atoms with Gasteiger partial charge in [0.2, 0.25) is 0 Å². The van der Waals surface area contributed by atoms with Crippen molar-refractivity contribution in [2.75, 3.05) is 11.6 Å². The highest BCUT2D eigenvalue weighted by molar-refractivity contribution is 7.90. The third-order valence-corrected chi connectivity index (χ3v) is 5.51. The van der Waals surface area contributed by atoms with Crippen LogP contribution in [-0.2, 0) is 9.84 Å². The number of amides is 1. The van der Waals surface area contributed by atoms with E-state index in [4.69, 9.17) is 0 Å². The number of benzene rings is 3. The Kier molecular flexibility index (Phi) is 5.30. The van der Waals surface area contributed by atoms with Gasteiger partial charge in [0.15, 0.2) is 9.84 Å². The van der Waals surface area contributed by atoms with Gasteiger partial charge in [-0.2, -0.15) is 5.26 Å². The lowest BCUT2D eigenvalue weighted by Crippen LogP contribution is -2.14. The molecule has 0 saturated heterocycles. The van der Waals surface area contributed by atoms with Crippen molar-refractivity contribution in [2.45, 2.75) is 11.8 Å². The van der Waals surface area contributed by atoms with Gasteiger partial charge in [-0.1, -0.05) is 42.5 Å². The lowest BCUT2D eigenvalue weighted by Gasteiger charge is -2.13. The maximum absolute atomic E-state index is 13.0. The molecule has 0 spiro atoms. The standard InChI is InChI=1S/C22H18N2O3S/c1-15-11-12-17(28(2,26)27)13-21(15)24-22(25)20-10-6-5-9-19(20)18-8-4-3-7-16(18)14-23/h3-13H,1-2H3,(H,24,25). The number of sulfone groups is 1. The Hall–Kier alpha value is -3.43. The minimum absolute atomic E-state index is 0.136. The van der Waals surface area contributed by atoms with Crippen LogP contribution in [0, 0.1) is 18.3 Å². The summed E-state index contributed by atoms with van der Waals surface area (Å²) in [5.41, 5.74) is 3.34. The van der Waals surface area contributed by atoms with Crippen LogP contribution in [0.1, 0.15) is 21.5 Å². The fourth-order valence-electron chi connectivity index (χ4n) is 2.89. The molecule has 0 aliphatic carbocycles. The van der Waals surface area contributed by atoms with Crippen molar-refractivity contribution in [1.29, 1.82) is 5.26 Å². The number of nitrogens with zero attached hydrogens (tertiary/aromatic N) is 1. The zero-order valence-electron chi connectivity index (χ0n) is 15.4. The summed E-state index contributed by atoms with van der Waals surface area (Å²) in [7, 11) is -3.39. The minimum atomic E-state index is -3.39. The molecule has 1 amide bonds. The lowest BCUT2D eigenvalue weighted by atomic mass is 9.95. The fourth-order valence-corrected chi connectivity index (χ4v) is 3.53. The highest BCUT2D eigenvalue weighted by atomic mass is 32.2. The molecule has 1 N–H and O–H groups in total.